The lowest BCUT2D eigenvalue weighted by Gasteiger charge is -2.36. The van der Waals surface area contributed by atoms with E-state index in [9.17, 15) is 8.42 Å². The Labute approximate surface area is 116 Å². The Morgan fingerprint density at radius 2 is 1.63 bits per heavy atom. The van der Waals surface area contributed by atoms with Gasteiger partial charge in [0.1, 0.15) is 0 Å². The largest absolute Gasteiger partial charge is 0.315 e. The minimum atomic E-state index is -3.25. The highest BCUT2D eigenvalue weighted by Gasteiger charge is 2.33. The molecule has 0 aromatic rings. The number of hydrogen-bond donors (Lipinski definition) is 1. The van der Waals surface area contributed by atoms with Crippen LogP contribution in [0, 0.1) is 0 Å². The van der Waals surface area contributed by atoms with Gasteiger partial charge in [-0.15, -0.1) is 0 Å². The van der Waals surface area contributed by atoms with Crippen LogP contribution in [0.5, 0.6) is 0 Å². The van der Waals surface area contributed by atoms with Crippen molar-refractivity contribution in [2.75, 3.05) is 53.4 Å². The third-order valence-corrected chi connectivity index (χ3v) is 6.14. The topological polar surface area (TPSA) is 55.9 Å². The van der Waals surface area contributed by atoms with E-state index in [0.29, 0.717) is 32.2 Å². The summed E-state index contributed by atoms with van der Waals surface area (Å²) < 4.78 is 28.5. The maximum absolute atomic E-state index is 12.6. The standard InChI is InChI=1S/C12H26N4O2S/c1-14(2)12-4-9-16(10-5-12)19(17,18)15-8-3-6-13-7-11-15/h12-13H,3-11H2,1-2H3. The van der Waals surface area contributed by atoms with E-state index in [-0.39, 0.29) is 0 Å². The first-order valence-corrected chi connectivity index (χ1v) is 8.54. The summed E-state index contributed by atoms with van der Waals surface area (Å²) in [6.45, 7) is 4.20. The molecule has 2 fully saturated rings. The quantitative estimate of drug-likeness (QED) is 0.765. The first kappa shape index (κ1) is 15.2. The third-order valence-electron chi connectivity index (χ3n) is 4.11. The van der Waals surface area contributed by atoms with Gasteiger partial charge in [-0.25, -0.2) is 0 Å². The Balaban J connectivity index is 1.96. The minimum absolute atomic E-state index is 0.511. The molecular formula is C12H26N4O2S. The number of nitrogens with one attached hydrogen (secondary N) is 1. The third kappa shape index (κ3) is 3.66. The fourth-order valence-corrected chi connectivity index (χ4v) is 4.48. The van der Waals surface area contributed by atoms with Crippen molar-refractivity contribution in [1.82, 2.24) is 18.8 Å². The molecule has 0 atom stereocenters. The summed E-state index contributed by atoms with van der Waals surface area (Å²) in [5.74, 6) is 0. The van der Waals surface area contributed by atoms with Crippen LogP contribution in [-0.2, 0) is 10.2 Å². The molecule has 2 rings (SSSR count). The second kappa shape index (κ2) is 6.49. The lowest BCUT2D eigenvalue weighted by atomic mass is 10.1. The molecular weight excluding hydrogens is 264 g/mol. The molecule has 0 saturated carbocycles. The zero-order valence-corrected chi connectivity index (χ0v) is 12.8. The molecule has 2 aliphatic rings. The predicted octanol–water partition coefficient (Wildman–Crippen LogP) is -0.447. The number of rotatable bonds is 3. The van der Waals surface area contributed by atoms with Crippen LogP contribution in [0.4, 0.5) is 0 Å². The van der Waals surface area contributed by atoms with Gasteiger partial charge in [0, 0.05) is 38.8 Å². The van der Waals surface area contributed by atoms with Gasteiger partial charge in [0.15, 0.2) is 0 Å². The monoisotopic (exact) mass is 290 g/mol. The summed E-state index contributed by atoms with van der Waals surface area (Å²) >= 11 is 0. The van der Waals surface area contributed by atoms with Crippen molar-refractivity contribution in [3.63, 3.8) is 0 Å². The van der Waals surface area contributed by atoms with Gasteiger partial charge in [-0.3, -0.25) is 0 Å². The number of nitrogens with zero attached hydrogens (tertiary/aromatic N) is 3. The minimum Gasteiger partial charge on any atom is -0.315 e. The van der Waals surface area contributed by atoms with E-state index in [0.717, 1.165) is 32.4 Å². The highest BCUT2D eigenvalue weighted by atomic mass is 32.2. The van der Waals surface area contributed by atoms with Crippen LogP contribution in [0.15, 0.2) is 0 Å². The fourth-order valence-electron chi connectivity index (χ4n) is 2.80. The van der Waals surface area contributed by atoms with Gasteiger partial charge in [0.25, 0.3) is 10.2 Å². The molecule has 0 bridgehead atoms. The van der Waals surface area contributed by atoms with Gasteiger partial charge in [0.05, 0.1) is 0 Å². The molecule has 0 radical (unpaired) electrons. The first-order chi connectivity index (χ1) is 9.01. The Bertz CT molecular complexity index is 369. The summed E-state index contributed by atoms with van der Waals surface area (Å²) in [5.41, 5.74) is 0. The second-order valence-corrected chi connectivity index (χ2v) is 7.53. The molecule has 0 aliphatic carbocycles. The van der Waals surface area contributed by atoms with E-state index < -0.39 is 10.2 Å². The first-order valence-electron chi connectivity index (χ1n) is 7.14. The molecule has 0 unspecified atom stereocenters. The molecule has 6 nitrogen and oxygen atoms in total. The molecule has 7 heteroatoms. The van der Waals surface area contributed by atoms with E-state index in [2.05, 4.69) is 24.3 Å². The lowest BCUT2D eigenvalue weighted by molar-refractivity contribution is 0.190. The van der Waals surface area contributed by atoms with Crippen LogP contribution in [0.2, 0.25) is 0 Å². The molecule has 2 aliphatic heterocycles. The van der Waals surface area contributed by atoms with Crippen LogP contribution >= 0.6 is 0 Å². The Hall–Kier alpha value is -0.210. The summed E-state index contributed by atoms with van der Waals surface area (Å²) in [7, 11) is 0.880. The van der Waals surface area contributed by atoms with E-state index in [4.69, 9.17) is 0 Å². The van der Waals surface area contributed by atoms with Crippen LogP contribution in [0.25, 0.3) is 0 Å². The van der Waals surface area contributed by atoms with Crippen LogP contribution in [-0.4, -0.2) is 81.3 Å². The maximum atomic E-state index is 12.6. The highest BCUT2D eigenvalue weighted by molar-refractivity contribution is 7.86. The van der Waals surface area contributed by atoms with Gasteiger partial charge >= 0.3 is 0 Å². The number of piperidine rings is 1. The fraction of sp³-hybridized carbons (Fsp3) is 1.00. The van der Waals surface area contributed by atoms with E-state index in [1.54, 1.807) is 8.61 Å². The molecule has 1 N–H and O–H groups in total. The Kier molecular flexibility index (Phi) is 5.19. The molecule has 0 amide bonds. The van der Waals surface area contributed by atoms with Crippen molar-refractivity contribution in [3.8, 4) is 0 Å². The van der Waals surface area contributed by atoms with Crippen LogP contribution < -0.4 is 5.32 Å². The molecule has 0 aromatic carbocycles. The van der Waals surface area contributed by atoms with Crippen molar-refractivity contribution < 1.29 is 8.42 Å². The summed E-state index contributed by atoms with van der Waals surface area (Å²) in [6.07, 6.45) is 2.75. The van der Waals surface area contributed by atoms with E-state index in [1.165, 1.54) is 0 Å². The maximum Gasteiger partial charge on any atom is 0.282 e. The molecule has 0 aromatic heterocycles. The highest BCUT2D eigenvalue weighted by Crippen LogP contribution is 2.19. The van der Waals surface area contributed by atoms with E-state index in [1.807, 2.05) is 0 Å². The average Bonchev–Trinajstić information content (AvgIpc) is 2.68. The van der Waals surface area contributed by atoms with Crippen molar-refractivity contribution in [2.24, 2.45) is 0 Å². The molecule has 2 saturated heterocycles. The SMILES string of the molecule is CN(C)C1CCN(S(=O)(=O)N2CCCNCC2)CC1. The van der Waals surface area contributed by atoms with Crippen LogP contribution in [0.1, 0.15) is 19.3 Å². The van der Waals surface area contributed by atoms with Gasteiger partial charge in [-0.1, -0.05) is 0 Å². The van der Waals surface area contributed by atoms with Crippen molar-refractivity contribution in [2.45, 2.75) is 25.3 Å². The Morgan fingerprint density at radius 1 is 1.00 bits per heavy atom. The van der Waals surface area contributed by atoms with Gasteiger partial charge in [-0.05, 0) is 39.9 Å². The summed E-state index contributed by atoms with van der Waals surface area (Å²) in [5, 5.41) is 3.24. The van der Waals surface area contributed by atoms with Crippen molar-refractivity contribution in [1.29, 1.82) is 0 Å². The van der Waals surface area contributed by atoms with Crippen molar-refractivity contribution >= 4 is 10.2 Å². The predicted molar refractivity (Wildman–Crippen MR) is 76.3 cm³/mol. The smallest absolute Gasteiger partial charge is 0.282 e. The normalized spacial score (nSPS) is 25.6. The van der Waals surface area contributed by atoms with Crippen LogP contribution in [0.3, 0.4) is 0 Å². The molecule has 2 heterocycles. The van der Waals surface area contributed by atoms with Gasteiger partial charge < -0.3 is 10.2 Å². The lowest BCUT2D eigenvalue weighted by Crippen LogP contribution is -2.50. The summed E-state index contributed by atoms with van der Waals surface area (Å²) in [6, 6.07) is 0.511. The van der Waals surface area contributed by atoms with E-state index >= 15 is 0 Å². The van der Waals surface area contributed by atoms with Gasteiger partial charge in [-0.2, -0.15) is 17.0 Å². The zero-order valence-electron chi connectivity index (χ0n) is 12.0. The molecule has 19 heavy (non-hydrogen) atoms. The van der Waals surface area contributed by atoms with Gasteiger partial charge in [0.2, 0.25) is 0 Å². The number of hydrogen-bond acceptors (Lipinski definition) is 4. The average molecular weight is 290 g/mol. The Morgan fingerprint density at radius 3 is 2.26 bits per heavy atom. The summed E-state index contributed by atoms with van der Waals surface area (Å²) in [4.78, 5) is 2.19. The van der Waals surface area contributed by atoms with Crippen molar-refractivity contribution in [3.05, 3.63) is 0 Å². The molecule has 0 spiro atoms. The molecule has 112 valence electrons. The second-order valence-electron chi connectivity index (χ2n) is 5.60. The zero-order chi connectivity index (χ0) is 13.9.